The highest BCUT2D eigenvalue weighted by molar-refractivity contribution is 9.10. The third-order valence-electron chi connectivity index (χ3n) is 4.76. The molecule has 21 heavy (non-hydrogen) atoms. The van der Waals surface area contributed by atoms with Crippen molar-refractivity contribution in [3.63, 3.8) is 0 Å². The molecule has 0 bridgehead atoms. The van der Waals surface area contributed by atoms with E-state index < -0.39 is 0 Å². The van der Waals surface area contributed by atoms with Crippen molar-refractivity contribution in [2.45, 2.75) is 37.6 Å². The van der Waals surface area contributed by atoms with Gasteiger partial charge in [0, 0.05) is 25.2 Å². The number of phenols is 1. The van der Waals surface area contributed by atoms with Gasteiger partial charge >= 0.3 is 0 Å². The average Bonchev–Trinajstić information content (AvgIpc) is 2.51. The Labute approximate surface area is 133 Å². The molecule has 114 valence electrons. The molecule has 1 amide bonds. The highest BCUT2D eigenvalue weighted by Crippen LogP contribution is 2.36. The van der Waals surface area contributed by atoms with Crippen LogP contribution < -0.4 is 5.32 Å². The topological polar surface area (TPSA) is 52.6 Å². The van der Waals surface area contributed by atoms with Crippen LogP contribution in [0, 0.1) is 0 Å². The number of nitrogens with one attached hydrogen (secondary N) is 1. The van der Waals surface area contributed by atoms with Crippen molar-refractivity contribution < 1.29 is 9.90 Å². The van der Waals surface area contributed by atoms with Crippen LogP contribution in [0.1, 0.15) is 42.5 Å². The standard InChI is InChI=1S/C16H21BrN2O2/c17-13-5-4-12(10-14(13)20)15(21)19-9-8-18-11-16(19)6-2-1-3-7-16/h4-5,10,18,20H,1-3,6-9,11H2. The number of piperazine rings is 1. The first-order valence-corrected chi connectivity index (χ1v) is 8.43. The molecular formula is C16H21BrN2O2. The second kappa shape index (κ2) is 5.97. The van der Waals surface area contributed by atoms with Gasteiger partial charge in [-0.15, -0.1) is 0 Å². The van der Waals surface area contributed by atoms with Crippen molar-refractivity contribution >= 4 is 21.8 Å². The second-order valence-corrected chi connectivity index (χ2v) is 6.94. The van der Waals surface area contributed by atoms with Gasteiger partial charge < -0.3 is 15.3 Å². The van der Waals surface area contributed by atoms with Gasteiger partial charge in [-0.2, -0.15) is 0 Å². The number of rotatable bonds is 1. The number of benzene rings is 1. The van der Waals surface area contributed by atoms with Crippen molar-refractivity contribution in [1.29, 1.82) is 0 Å². The Kier molecular flexibility index (Phi) is 4.22. The molecule has 5 heteroatoms. The van der Waals surface area contributed by atoms with Gasteiger partial charge in [0.2, 0.25) is 0 Å². The first-order valence-electron chi connectivity index (χ1n) is 7.64. The maximum Gasteiger partial charge on any atom is 0.254 e. The van der Waals surface area contributed by atoms with Crippen LogP contribution in [0.2, 0.25) is 0 Å². The van der Waals surface area contributed by atoms with Gasteiger partial charge in [0.15, 0.2) is 0 Å². The minimum absolute atomic E-state index is 0.0315. The molecule has 1 spiro atoms. The van der Waals surface area contributed by atoms with E-state index in [4.69, 9.17) is 0 Å². The minimum atomic E-state index is -0.0315. The lowest BCUT2D eigenvalue weighted by atomic mass is 9.78. The summed E-state index contributed by atoms with van der Waals surface area (Å²) in [4.78, 5) is 15.0. The molecule has 1 aliphatic carbocycles. The summed E-state index contributed by atoms with van der Waals surface area (Å²) in [5.74, 6) is 0.162. The summed E-state index contributed by atoms with van der Waals surface area (Å²) >= 11 is 3.26. The Morgan fingerprint density at radius 2 is 2.05 bits per heavy atom. The number of aromatic hydroxyl groups is 1. The summed E-state index contributed by atoms with van der Waals surface area (Å²) in [7, 11) is 0. The number of carbonyl (C=O) groups is 1. The first-order chi connectivity index (χ1) is 10.1. The third kappa shape index (κ3) is 2.81. The molecule has 1 saturated carbocycles. The predicted octanol–water partition coefficient (Wildman–Crippen LogP) is 2.90. The van der Waals surface area contributed by atoms with Crippen LogP contribution >= 0.6 is 15.9 Å². The molecule has 1 saturated heterocycles. The average molecular weight is 353 g/mol. The third-order valence-corrected chi connectivity index (χ3v) is 5.43. The van der Waals surface area contributed by atoms with Gasteiger partial charge in [-0.3, -0.25) is 4.79 Å². The van der Waals surface area contributed by atoms with Crippen LogP contribution in [0.5, 0.6) is 5.75 Å². The Bertz CT molecular complexity index is 533. The molecular weight excluding hydrogens is 332 g/mol. The minimum Gasteiger partial charge on any atom is -0.507 e. The van der Waals surface area contributed by atoms with Gasteiger partial charge in [0.1, 0.15) is 5.75 Å². The van der Waals surface area contributed by atoms with E-state index in [1.807, 2.05) is 4.90 Å². The predicted molar refractivity (Wildman–Crippen MR) is 85.5 cm³/mol. The van der Waals surface area contributed by atoms with Crippen LogP contribution in [0.4, 0.5) is 0 Å². The van der Waals surface area contributed by atoms with Gasteiger partial charge in [-0.05, 0) is 47.0 Å². The van der Waals surface area contributed by atoms with Gasteiger partial charge in [0.05, 0.1) is 10.0 Å². The van der Waals surface area contributed by atoms with Crippen molar-refractivity contribution in [3.05, 3.63) is 28.2 Å². The number of halogens is 1. The highest BCUT2D eigenvalue weighted by atomic mass is 79.9. The van der Waals surface area contributed by atoms with Crippen LogP contribution in [0.15, 0.2) is 22.7 Å². The molecule has 2 N–H and O–H groups in total. The van der Waals surface area contributed by atoms with E-state index in [0.717, 1.165) is 32.5 Å². The zero-order valence-electron chi connectivity index (χ0n) is 12.1. The number of amides is 1. The van der Waals surface area contributed by atoms with Crippen LogP contribution in [0.25, 0.3) is 0 Å². The summed E-state index contributed by atoms with van der Waals surface area (Å²) in [5, 5.41) is 13.3. The van der Waals surface area contributed by atoms with E-state index in [0.29, 0.717) is 10.0 Å². The number of hydrogen-bond acceptors (Lipinski definition) is 3. The summed E-state index contributed by atoms with van der Waals surface area (Å²) in [6, 6.07) is 5.08. The van der Waals surface area contributed by atoms with Crippen molar-refractivity contribution in [3.8, 4) is 5.75 Å². The molecule has 4 nitrogen and oxygen atoms in total. The van der Waals surface area contributed by atoms with E-state index in [1.54, 1.807) is 18.2 Å². The lowest BCUT2D eigenvalue weighted by Gasteiger charge is -2.49. The molecule has 0 unspecified atom stereocenters. The van der Waals surface area contributed by atoms with Gasteiger partial charge in [0.25, 0.3) is 5.91 Å². The van der Waals surface area contributed by atoms with Crippen LogP contribution in [-0.2, 0) is 0 Å². The van der Waals surface area contributed by atoms with Crippen molar-refractivity contribution in [1.82, 2.24) is 10.2 Å². The van der Waals surface area contributed by atoms with Crippen molar-refractivity contribution in [2.75, 3.05) is 19.6 Å². The molecule has 1 aromatic rings. The van der Waals surface area contributed by atoms with E-state index in [1.165, 1.54) is 19.3 Å². The zero-order valence-corrected chi connectivity index (χ0v) is 13.7. The molecule has 2 fully saturated rings. The summed E-state index contributed by atoms with van der Waals surface area (Å²) < 4.78 is 0.617. The quantitative estimate of drug-likeness (QED) is 0.816. The number of carbonyl (C=O) groups excluding carboxylic acids is 1. The molecule has 1 heterocycles. The molecule has 0 radical (unpaired) electrons. The van der Waals surface area contributed by atoms with Gasteiger partial charge in [-0.1, -0.05) is 19.3 Å². The number of phenolic OH excluding ortho intramolecular Hbond substituents is 1. The molecule has 3 rings (SSSR count). The molecule has 2 aliphatic rings. The SMILES string of the molecule is O=C(c1ccc(Br)c(O)c1)N1CCNCC12CCCCC2. The van der Waals surface area contributed by atoms with E-state index in [9.17, 15) is 9.90 Å². The number of nitrogens with zero attached hydrogens (tertiary/aromatic N) is 1. The normalized spacial score (nSPS) is 21.5. The van der Waals surface area contributed by atoms with Gasteiger partial charge in [-0.25, -0.2) is 0 Å². The monoisotopic (exact) mass is 352 g/mol. The number of hydrogen-bond donors (Lipinski definition) is 2. The molecule has 1 aliphatic heterocycles. The molecule has 1 aromatic carbocycles. The highest BCUT2D eigenvalue weighted by Gasteiger charge is 2.42. The zero-order chi connectivity index (χ0) is 14.9. The molecule has 0 aromatic heterocycles. The lowest BCUT2D eigenvalue weighted by Crippen LogP contribution is -2.63. The fraction of sp³-hybridized carbons (Fsp3) is 0.562. The fourth-order valence-electron chi connectivity index (χ4n) is 3.62. The summed E-state index contributed by atoms with van der Waals surface area (Å²) in [5.41, 5.74) is 0.540. The second-order valence-electron chi connectivity index (χ2n) is 6.08. The summed E-state index contributed by atoms with van der Waals surface area (Å²) in [6.07, 6.45) is 5.81. The Morgan fingerprint density at radius 1 is 1.29 bits per heavy atom. The van der Waals surface area contributed by atoms with Crippen molar-refractivity contribution in [2.24, 2.45) is 0 Å². The maximum atomic E-state index is 12.9. The lowest BCUT2D eigenvalue weighted by molar-refractivity contribution is 0.0222. The Hall–Kier alpha value is -1.07. The van der Waals surface area contributed by atoms with Crippen LogP contribution in [-0.4, -0.2) is 41.1 Å². The largest absolute Gasteiger partial charge is 0.507 e. The fourth-order valence-corrected chi connectivity index (χ4v) is 3.87. The summed E-state index contributed by atoms with van der Waals surface area (Å²) in [6.45, 7) is 2.48. The van der Waals surface area contributed by atoms with E-state index in [-0.39, 0.29) is 17.2 Å². The van der Waals surface area contributed by atoms with E-state index >= 15 is 0 Å². The Balaban J connectivity index is 1.88. The molecule has 0 atom stereocenters. The first kappa shape index (κ1) is 14.9. The maximum absolute atomic E-state index is 12.9. The van der Waals surface area contributed by atoms with Crippen LogP contribution in [0.3, 0.4) is 0 Å². The van der Waals surface area contributed by atoms with E-state index in [2.05, 4.69) is 21.2 Å². The smallest absolute Gasteiger partial charge is 0.254 e. The Morgan fingerprint density at radius 3 is 2.76 bits per heavy atom.